The van der Waals surface area contributed by atoms with Gasteiger partial charge in [-0.25, -0.2) is 10.0 Å². The summed E-state index contributed by atoms with van der Waals surface area (Å²) in [5.74, 6) is 1.13. The normalized spacial score (nSPS) is 23.7. The summed E-state index contributed by atoms with van der Waals surface area (Å²) in [5, 5.41) is 16.0. The Morgan fingerprint density at radius 1 is 1.44 bits per heavy atom. The molecule has 0 radical (unpaired) electrons. The quantitative estimate of drug-likeness (QED) is 0.339. The molecule has 0 aromatic carbocycles. The maximum Gasteiger partial charge on any atom is 0.239 e. The number of nitrogens with one attached hydrogen (secondary N) is 1. The van der Waals surface area contributed by atoms with Crippen molar-refractivity contribution in [3.05, 3.63) is 23.0 Å². The van der Waals surface area contributed by atoms with E-state index in [2.05, 4.69) is 28.5 Å². The van der Waals surface area contributed by atoms with Gasteiger partial charge >= 0.3 is 0 Å². The van der Waals surface area contributed by atoms with Gasteiger partial charge in [0, 0.05) is 51.1 Å². The Labute approximate surface area is 192 Å². The third kappa shape index (κ3) is 6.49. The number of nitrogens with two attached hydrogens (primary N) is 1. The van der Waals surface area contributed by atoms with Gasteiger partial charge in [-0.1, -0.05) is 13.0 Å². The van der Waals surface area contributed by atoms with Crippen molar-refractivity contribution in [2.75, 3.05) is 34.2 Å². The maximum atomic E-state index is 12.3. The molecule has 0 aromatic rings. The molecule has 2 aliphatic rings. The number of hydrogen-bond acceptors (Lipinski definition) is 8. The van der Waals surface area contributed by atoms with Crippen molar-refractivity contribution in [1.29, 1.82) is 0 Å². The molecule has 178 valence electrons. The van der Waals surface area contributed by atoms with Crippen molar-refractivity contribution in [3.63, 3.8) is 0 Å². The van der Waals surface area contributed by atoms with E-state index in [1.165, 1.54) is 0 Å². The summed E-state index contributed by atoms with van der Waals surface area (Å²) in [6.07, 6.45) is 7.91. The summed E-state index contributed by atoms with van der Waals surface area (Å²) >= 11 is 0. The van der Waals surface area contributed by atoms with Gasteiger partial charge in [0.25, 0.3) is 0 Å². The number of hydrazone groups is 2. The van der Waals surface area contributed by atoms with Crippen molar-refractivity contribution in [2.45, 2.75) is 59.2 Å². The molecule has 1 fully saturated rings. The highest BCUT2D eigenvalue weighted by molar-refractivity contribution is 5.89. The summed E-state index contributed by atoms with van der Waals surface area (Å²) in [4.78, 5) is 19.1. The fourth-order valence-corrected chi connectivity index (χ4v) is 3.91. The van der Waals surface area contributed by atoms with E-state index in [1.54, 1.807) is 30.2 Å². The first-order chi connectivity index (χ1) is 15.2. The molecule has 0 spiro atoms. The van der Waals surface area contributed by atoms with Gasteiger partial charge in [0.15, 0.2) is 5.82 Å². The smallest absolute Gasteiger partial charge is 0.239 e. The largest absolute Gasteiger partial charge is 0.347 e. The van der Waals surface area contributed by atoms with E-state index in [-0.39, 0.29) is 24.0 Å². The molecule has 0 aromatic heterocycles. The molecule has 9 heteroatoms. The van der Waals surface area contributed by atoms with E-state index in [9.17, 15) is 4.79 Å². The van der Waals surface area contributed by atoms with E-state index in [4.69, 9.17) is 10.7 Å². The number of aliphatic imine (C=N–C) groups is 1. The third-order valence-corrected chi connectivity index (χ3v) is 5.82. The van der Waals surface area contributed by atoms with E-state index in [0.717, 1.165) is 55.0 Å². The number of rotatable bonds is 8. The van der Waals surface area contributed by atoms with Crippen molar-refractivity contribution >= 4 is 24.0 Å². The molecule has 2 heterocycles. The zero-order valence-electron chi connectivity index (χ0n) is 20.7. The maximum absolute atomic E-state index is 12.3. The highest BCUT2D eigenvalue weighted by atomic mass is 16.2. The molecule has 1 amide bonds. The van der Waals surface area contributed by atoms with Gasteiger partial charge in [-0.3, -0.25) is 9.80 Å². The molecule has 2 aliphatic heterocycles. The van der Waals surface area contributed by atoms with Crippen LogP contribution in [0.15, 0.2) is 38.2 Å². The molecule has 0 aliphatic carbocycles. The number of amides is 1. The van der Waals surface area contributed by atoms with Gasteiger partial charge < -0.3 is 16.0 Å². The van der Waals surface area contributed by atoms with Crippen LogP contribution in [0.4, 0.5) is 0 Å². The highest BCUT2D eigenvalue weighted by Gasteiger charge is 2.29. The molecule has 3 unspecified atom stereocenters. The number of allylic oxidation sites excluding steroid dienone is 2. The van der Waals surface area contributed by atoms with Crippen LogP contribution in [-0.4, -0.2) is 85.4 Å². The molecule has 2 rings (SSSR count). The van der Waals surface area contributed by atoms with Crippen LogP contribution < -0.4 is 11.1 Å². The molecule has 32 heavy (non-hydrogen) atoms. The second-order valence-electron chi connectivity index (χ2n) is 8.58. The fraction of sp³-hybridized carbons (Fsp3) is 0.652. The van der Waals surface area contributed by atoms with Gasteiger partial charge in [-0.2, -0.15) is 10.2 Å². The number of nitrogens with zero attached hydrogens (tertiary/aromatic N) is 6. The van der Waals surface area contributed by atoms with Crippen LogP contribution in [0.3, 0.4) is 0 Å². The summed E-state index contributed by atoms with van der Waals surface area (Å²) in [6, 6.07) is -0.123. The van der Waals surface area contributed by atoms with E-state index >= 15 is 0 Å². The minimum atomic E-state index is -0.339. The second kappa shape index (κ2) is 11.9. The number of likely N-dealkylation sites (N-methyl/N-ethyl adjacent to an activating group) is 2. The van der Waals surface area contributed by atoms with Crippen LogP contribution in [0.2, 0.25) is 0 Å². The molecule has 9 nitrogen and oxygen atoms in total. The lowest BCUT2D eigenvalue weighted by Crippen LogP contribution is -2.49. The Bertz CT molecular complexity index is 801. The van der Waals surface area contributed by atoms with Crippen LogP contribution in [0.25, 0.3) is 0 Å². The first kappa shape index (κ1) is 25.7. The van der Waals surface area contributed by atoms with E-state index in [1.807, 2.05) is 39.0 Å². The predicted molar refractivity (Wildman–Crippen MR) is 132 cm³/mol. The van der Waals surface area contributed by atoms with Crippen LogP contribution >= 0.6 is 0 Å². The third-order valence-electron chi connectivity index (χ3n) is 5.82. The van der Waals surface area contributed by atoms with Gasteiger partial charge in [-0.15, -0.1) is 0 Å². The van der Waals surface area contributed by atoms with Crippen molar-refractivity contribution in [3.8, 4) is 0 Å². The van der Waals surface area contributed by atoms with Gasteiger partial charge in [0.1, 0.15) is 0 Å². The Morgan fingerprint density at radius 2 is 2.16 bits per heavy atom. The van der Waals surface area contributed by atoms with Crippen molar-refractivity contribution in [2.24, 2.45) is 26.8 Å². The average Bonchev–Trinajstić information content (AvgIpc) is 2.78. The van der Waals surface area contributed by atoms with Gasteiger partial charge in [-0.05, 0) is 45.6 Å². The first-order valence-corrected chi connectivity index (χ1v) is 11.4. The fourth-order valence-electron chi connectivity index (χ4n) is 3.91. The molecule has 1 saturated heterocycles. The number of hydrogen-bond donors (Lipinski definition) is 2. The van der Waals surface area contributed by atoms with Crippen molar-refractivity contribution in [1.82, 2.24) is 20.2 Å². The summed E-state index contributed by atoms with van der Waals surface area (Å²) < 4.78 is 0. The van der Waals surface area contributed by atoms with Crippen LogP contribution in [0, 0.1) is 5.92 Å². The van der Waals surface area contributed by atoms with E-state index < -0.39 is 0 Å². The monoisotopic (exact) mass is 444 g/mol. The zero-order valence-corrected chi connectivity index (χ0v) is 20.7. The highest BCUT2D eigenvalue weighted by Crippen LogP contribution is 2.25. The van der Waals surface area contributed by atoms with E-state index in [0.29, 0.717) is 0 Å². The number of carbonyl (C=O) groups excluding carboxylic acids is 1. The molecule has 0 bridgehead atoms. The standard InChI is InChI=1S/C23H40N8O/c1-8-20(19-10-11-21(25-14-19)23(32)29(5)6)28-22(31(17(4)24)26-9-2)16(3)18-12-13-30(7)27-15-18/h9,12,15,17,19,21,25H,8,10-11,13-14,24H2,1-7H3/b22-16+,26-9-,28-20+. The Hall–Kier alpha value is -2.52. The zero-order chi connectivity index (χ0) is 23.8. The topological polar surface area (TPSA) is 102 Å². The molecular weight excluding hydrogens is 404 g/mol. The molecule has 3 atom stereocenters. The Morgan fingerprint density at radius 3 is 2.62 bits per heavy atom. The second-order valence-corrected chi connectivity index (χ2v) is 8.58. The summed E-state index contributed by atoms with van der Waals surface area (Å²) in [6.45, 7) is 9.41. The van der Waals surface area contributed by atoms with Gasteiger partial charge in [0.2, 0.25) is 5.91 Å². The SMILES string of the molecule is C/C=N\N(C(/N=C(\CC)C1CCC(C(=O)N(C)C)NC1)=C(\C)C1=CCN(C)N=C1)C(C)N. The lowest BCUT2D eigenvalue weighted by molar-refractivity contribution is -0.131. The summed E-state index contributed by atoms with van der Waals surface area (Å²) in [7, 11) is 5.54. The minimum absolute atomic E-state index is 0.123. The molecule has 0 saturated carbocycles. The summed E-state index contributed by atoms with van der Waals surface area (Å²) in [5.41, 5.74) is 9.38. The average molecular weight is 445 g/mol. The van der Waals surface area contributed by atoms with Gasteiger partial charge in [0.05, 0.1) is 25.0 Å². The Balaban J connectivity index is 2.39. The predicted octanol–water partition coefficient (Wildman–Crippen LogP) is 2.00. The van der Waals surface area contributed by atoms with Crippen LogP contribution in [0.5, 0.6) is 0 Å². The minimum Gasteiger partial charge on any atom is -0.347 e. The van der Waals surface area contributed by atoms with Crippen molar-refractivity contribution < 1.29 is 4.79 Å². The lowest BCUT2D eigenvalue weighted by atomic mass is 9.89. The lowest BCUT2D eigenvalue weighted by Gasteiger charge is -2.32. The van der Waals surface area contributed by atoms with Crippen LogP contribution in [0.1, 0.15) is 47.0 Å². The molecular formula is C23H40N8O. The first-order valence-electron chi connectivity index (χ1n) is 11.4. The number of piperidine rings is 1. The Kier molecular flexibility index (Phi) is 9.59. The number of carbonyl (C=O) groups is 1. The van der Waals surface area contributed by atoms with Crippen LogP contribution in [-0.2, 0) is 4.79 Å². The molecule has 3 N–H and O–H groups in total.